The average molecular weight is 324 g/mol. The number of hydrogen-bond donors (Lipinski definition) is 0. The third-order valence-electron chi connectivity index (χ3n) is 6.19. The largest absolute Gasteiger partial charge is 0.463 e. The van der Waals surface area contributed by atoms with Crippen molar-refractivity contribution in [3.05, 3.63) is 11.3 Å². The number of fused-ring (bicyclic) bond motifs is 2. The molecule has 1 saturated carbocycles. The summed E-state index contributed by atoms with van der Waals surface area (Å²) in [4.78, 5) is 23.8. The van der Waals surface area contributed by atoms with Crippen molar-refractivity contribution in [2.75, 3.05) is 7.11 Å². The second kappa shape index (κ2) is 4.94. The van der Waals surface area contributed by atoms with Crippen LogP contribution in [0.4, 0.5) is 0 Å². The van der Waals surface area contributed by atoms with Gasteiger partial charge in [0.15, 0.2) is 5.60 Å². The van der Waals surface area contributed by atoms with E-state index >= 15 is 0 Å². The number of ether oxygens (including phenoxy) is 3. The highest BCUT2D eigenvalue weighted by Gasteiger charge is 2.68. The first-order chi connectivity index (χ1) is 10.9. The molecule has 1 unspecified atom stereocenters. The maximum absolute atomic E-state index is 12.1. The van der Waals surface area contributed by atoms with Gasteiger partial charge in [-0.15, -0.1) is 0 Å². The predicted molar refractivity (Wildman–Crippen MR) is 78.6 cm³/mol. The van der Waals surface area contributed by atoms with E-state index in [1.165, 1.54) is 7.11 Å². The van der Waals surface area contributed by atoms with Crippen molar-refractivity contribution in [2.45, 2.75) is 64.1 Å². The van der Waals surface area contributed by atoms with Gasteiger partial charge in [0.25, 0.3) is 0 Å². The molecule has 6 atom stereocenters. The molecule has 0 N–H and O–H groups in total. The lowest BCUT2D eigenvalue weighted by Crippen LogP contribution is -2.66. The molecule has 3 saturated heterocycles. The lowest BCUT2D eigenvalue weighted by atomic mass is 9.59. The van der Waals surface area contributed by atoms with Crippen molar-refractivity contribution in [1.82, 2.24) is 0 Å². The normalized spacial score (nSPS) is 48.3. The van der Waals surface area contributed by atoms with Gasteiger partial charge in [-0.05, 0) is 44.6 Å². The fourth-order valence-corrected chi connectivity index (χ4v) is 4.92. The van der Waals surface area contributed by atoms with E-state index < -0.39 is 23.6 Å². The van der Waals surface area contributed by atoms with Crippen LogP contribution in [-0.4, -0.2) is 30.8 Å². The van der Waals surface area contributed by atoms with E-state index in [-0.39, 0.29) is 17.6 Å². The summed E-state index contributed by atoms with van der Waals surface area (Å²) >= 11 is 0. The molecule has 1 spiro atoms. The van der Waals surface area contributed by atoms with Crippen LogP contribution in [0.2, 0.25) is 0 Å². The average Bonchev–Trinajstić information content (AvgIpc) is 2.76. The number of rotatable bonds is 1. The van der Waals surface area contributed by atoms with E-state index in [1.54, 1.807) is 0 Å². The van der Waals surface area contributed by atoms with Gasteiger partial charge in [-0.3, -0.25) is 0 Å². The Kier molecular flexibility index (Phi) is 3.31. The molecule has 6 heteroatoms. The molecule has 5 rings (SSSR count). The van der Waals surface area contributed by atoms with Gasteiger partial charge < -0.3 is 14.2 Å². The molecule has 0 aromatic rings. The molecule has 6 nitrogen and oxygen atoms in total. The van der Waals surface area contributed by atoms with E-state index in [9.17, 15) is 4.79 Å². The highest BCUT2D eigenvalue weighted by atomic mass is 17.3. The summed E-state index contributed by atoms with van der Waals surface area (Å²) in [6.07, 6.45) is 3.10. The fourth-order valence-electron chi connectivity index (χ4n) is 4.92. The van der Waals surface area contributed by atoms with Crippen molar-refractivity contribution >= 4 is 5.97 Å². The monoisotopic (exact) mass is 324 g/mol. The first kappa shape index (κ1) is 15.4. The highest BCUT2D eigenvalue weighted by molar-refractivity contribution is 5.87. The molecular weight excluding hydrogens is 300 g/mol. The lowest BCUT2D eigenvalue weighted by molar-refractivity contribution is -0.556. The summed E-state index contributed by atoms with van der Waals surface area (Å²) < 4.78 is 17.0. The second-order valence-electron chi connectivity index (χ2n) is 7.48. The quantitative estimate of drug-likeness (QED) is 0.546. The Morgan fingerprint density at radius 2 is 2.04 bits per heavy atom. The van der Waals surface area contributed by atoms with Gasteiger partial charge in [0.2, 0.25) is 17.8 Å². The molecule has 0 radical (unpaired) electrons. The topological polar surface area (TPSA) is 63.2 Å². The third kappa shape index (κ3) is 1.95. The molecule has 0 amide bonds. The molecule has 23 heavy (non-hydrogen) atoms. The van der Waals surface area contributed by atoms with E-state index in [1.807, 2.05) is 13.8 Å². The molecule has 5 aliphatic rings. The molecular formula is C17H24O6. The zero-order valence-electron chi connectivity index (χ0n) is 14.1. The van der Waals surface area contributed by atoms with E-state index in [2.05, 4.69) is 6.92 Å². The minimum absolute atomic E-state index is 0.0409. The number of methoxy groups -OCH3 is 1. The standard InChI is InChI=1S/C17H24O6/c1-9-5-6-12-10(2)13(14(18)19-4)20-15-17(12)11(9)7-8-16(3,21-15)22-23-17/h9,11-12,15H,5-8H2,1-4H3/t9-,11+,12+,15?,16+,17-/m1/s1. The molecule has 2 bridgehead atoms. The van der Waals surface area contributed by atoms with Crippen molar-refractivity contribution in [2.24, 2.45) is 17.8 Å². The Morgan fingerprint density at radius 3 is 2.78 bits per heavy atom. The predicted octanol–water partition coefficient (Wildman–Crippen LogP) is 2.68. The molecule has 128 valence electrons. The third-order valence-corrected chi connectivity index (χ3v) is 6.19. The van der Waals surface area contributed by atoms with Crippen LogP contribution in [0.3, 0.4) is 0 Å². The van der Waals surface area contributed by atoms with E-state index in [4.69, 9.17) is 24.0 Å². The van der Waals surface area contributed by atoms with E-state index in [0.29, 0.717) is 5.92 Å². The van der Waals surface area contributed by atoms with Crippen molar-refractivity contribution in [3.63, 3.8) is 0 Å². The van der Waals surface area contributed by atoms with Gasteiger partial charge in [0, 0.05) is 18.3 Å². The number of esters is 1. The van der Waals surface area contributed by atoms with Crippen molar-refractivity contribution in [1.29, 1.82) is 0 Å². The maximum Gasteiger partial charge on any atom is 0.373 e. The fraction of sp³-hybridized carbons (Fsp3) is 0.824. The van der Waals surface area contributed by atoms with Crippen LogP contribution >= 0.6 is 0 Å². The van der Waals surface area contributed by atoms with Gasteiger partial charge in [-0.1, -0.05) is 6.92 Å². The first-order valence-corrected chi connectivity index (χ1v) is 8.41. The summed E-state index contributed by atoms with van der Waals surface area (Å²) in [6.45, 7) is 6.05. The second-order valence-corrected chi connectivity index (χ2v) is 7.48. The Balaban J connectivity index is 1.85. The highest BCUT2D eigenvalue weighted by Crippen LogP contribution is 2.60. The molecule has 4 aliphatic heterocycles. The summed E-state index contributed by atoms with van der Waals surface area (Å²) in [5.41, 5.74) is 0.206. The summed E-state index contributed by atoms with van der Waals surface area (Å²) in [5, 5.41) is 0. The molecule has 4 fully saturated rings. The van der Waals surface area contributed by atoms with Crippen LogP contribution in [-0.2, 0) is 28.8 Å². The maximum atomic E-state index is 12.1. The minimum Gasteiger partial charge on any atom is -0.463 e. The Bertz CT molecular complexity index is 571. The van der Waals surface area contributed by atoms with E-state index in [0.717, 1.165) is 31.3 Å². The van der Waals surface area contributed by atoms with Crippen molar-refractivity contribution in [3.8, 4) is 0 Å². The van der Waals surface area contributed by atoms with Gasteiger partial charge in [0.05, 0.1) is 7.11 Å². The van der Waals surface area contributed by atoms with Crippen LogP contribution < -0.4 is 0 Å². The number of carbonyl (C=O) groups is 1. The van der Waals surface area contributed by atoms with Crippen LogP contribution in [0.25, 0.3) is 0 Å². The van der Waals surface area contributed by atoms with Gasteiger partial charge in [0.1, 0.15) is 0 Å². The Hall–Kier alpha value is -1.11. The molecule has 0 aromatic carbocycles. The van der Waals surface area contributed by atoms with Crippen LogP contribution in [0.5, 0.6) is 0 Å². The zero-order valence-corrected chi connectivity index (χ0v) is 14.1. The zero-order chi connectivity index (χ0) is 16.4. The number of carbonyl (C=O) groups excluding carboxylic acids is 1. The number of hydrogen-bond acceptors (Lipinski definition) is 6. The SMILES string of the molecule is COC(=O)C1=C(C)[C@@H]2CC[C@@H](C)[C@@H]3CC[C@]4(C)OO[C@@]23C(O1)O4. The van der Waals surface area contributed by atoms with Gasteiger partial charge in [-0.25, -0.2) is 14.6 Å². The smallest absolute Gasteiger partial charge is 0.373 e. The van der Waals surface area contributed by atoms with Gasteiger partial charge >= 0.3 is 5.97 Å². The summed E-state index contributed by atoms with van der Waals surface area (Å²) in [6, 6.07) is 0. The van der Waals surface area contributed by atoms with Gasteiger partial charge in [-0.2, -0.15) is 0 Å². The summed E-state index contributed by atoms with van der Waals surface area (Å²) in [5.74, 6) is -0.200. The molecule has 1 aliphatic carbocycles. The first-order valence-electron chi connectivity index (χ1n) is 8.41. The Morgan fingerprint density at radius 1 is 1.26 bits per heavy atom. The van der Waals surface area contributed by atoms with Crippen LogP contribution in [0, 0.1) is 17.8 Å². The summed E-state index contributed by atoms with van der Waals surface area (Å²) in [7, 11) is 1.36. The van der Waals surface area contributed by atoms with Crippen molar-refractivity contribution < 1.29 is 28.8 Å². The lowest BCUT2D eigenvalue weighted by Gasteiger charge is -2.56. The molecule has 4 heterocycles. The Labute approximate surface area is 136 Å². The van der Waals surface area contributed by atoms with Crippen LogP contribution in [0.1, 0.15) is 46.5 Å². The molecule has 0 aromatic heterocycles. The van der Waals surface area contributed by atoms with Crippen LogP contribution in [0.15, 0.2) is 11.3 Å². The minimum atomic E-state index is -0.829.